The summed E-state index contributed by atoms with van der Waals surface area (Å²) in [5, 5.41) is 12.0. The van der Waals surface area contributed by atoms with E-state index in [9.17, 15) is 9.90 Å². The molecule has 1 amide bonds. The molecule has 4 nitrogen and oxygen atoms in total. The van der Waals surface area contributed by atoms with E-state index in [-0.39, 0.29) is 0 Å². The van der Waals surface area contributed by atoms with E-state index in [4.69, 9.17) is 4.74 Å². The molecule has 0 saturated carbocycles. The first kappa shape index (κ1) is 8.49. The predicted octanol–water partition coefficient (Wildman–Crippen LogP) is -0.379. The molecule has 1 aliphatic rings. The van der Waals surface area contributed by atoms with Crippen LogP contribution in [0.25, 0.3) is 0 Å². The van der Waals surface area contributed by atoms with Gasteiger partial charge in [0.2, 0.25) is 5.79 Å². The molecule has 0 aromatic heterocycles. The molecule has 1 heterocycles. The van der Waals surface area contributed by atoms with Crippen molar-refractivity contribution in [1.29, 1.82) is 0 Å². The number of nitrogens with one attached hydrogen (secondary N) is 1. The maximum Gasteiger partial charge on any atom is 0.280 e. The summed E-state index contributed by atoms with van der Waals surface area (Å²) >= 11 is 0. The molecule has 1 aliphatic heterocycles. The fourth-order valence-electron chi connectivity index (χ4n) is 1.10. The highest BCUT2D eigenvalue weighted by molar-refractivity contribution is 5.83. The zero-order valence-electron chi connectivity index (χ0n) is 6.59. The van der Waals surface area contributed by atoms with Crippen LogP contribution in [-0.4, -0.2) is 30.0 Å². The van der Waals surface area contributed by atoms with Crippen molar-refractivity contribution >= 4 is 5.91 Å². The number of carbonyl (C=O) groups excluding carboxylic acids is 1. The van der Waals surface area contributed by atoms with Crippen molar-refractivity contribution in [3.05, 3.63) is 0 Å². The van der Waals surface area contributed by atoms with Crippen LogP contribution in [0.1, 0.15) is 19.8 Å². The van der Waals surface area contributed by atoms with Gasteiger partial charge in [-0.05, 0) is 13.3 Å². The van der Waals surface area contributed by atoms with Crippen LogP contribution in [0, 0.1) is 0 Å². The first-order valence-corrected chi connectivity index (χ1v) is 3.83. The second-order valence-corrected chi connectivity index (χ2v) is 2.60. The van der Waals surface area contributed by atoms with Crippen molar-refractivity contribution in [2.45, 2.75) is 25.6 Å². The van der Waals surface area contributed by atoms with E-state index in [1.54, 1.807) is 6.92 Å². The minimum atomic E-state index is -1.55. The lowest BCUT2D eigenvalue weighted by atomic mass is 10.2. The highest BCUT2D eigenvalue weighted by atomic mass is 16.6. The SMILES string of the molecule is CCNC(=O)C1(O)CCCO1. The standard InChI is InChI=1S/C7H13NO3/c1-2-8-6(9)7(10)4-3-5-11-7/h10H,2-5H2,1H3,(H,8,9). The predicted molar refractivity (Wildman–Crippen MR) is 38.8 cm³/mol. The smallest absolute Gasteiger partial charge is 0.280 e. The summed E-state index contributed by atoms with van der Waals surface area (Å²) in [4.78, 5) is 11.1. The Bertz CT molecular complexity index is 152. The van der Waals surface area contributed by atoms with Gasteiger partial charge >= 0.3 is 0 Å². The van der Waals surface area contributed by atoms with Gasteiger partial charge in [0.05, 0.1) is 6.61 Å². The number of likely N-dealkylation sites (N-methyl/N-ethyl adjacent to an activating group) is 1. The molecule has 1 rings (SSSR count). The lowest BCUT2D eigenvalue weighted by Crippen LogP contribution is -2.46. The van der Waals surface area contributed by atoms with Gasteiger partial charge in [-0.25, -0.2) is 0 Å². The molecule has 1 unspecified atom stereocenters. The Morgan fingerprint density at radius 1 is 1.82 bits per heavy atom. The zero-order chi connectivity index (χ0) is 8.32. The van der Waals surface area contributed by atoms with Gasteiger partial charge in [0.25, 0.3) is 5.91 Å². The quantitative estimate of drug-likeness (QED) is 0.577. The Morgan fingerprint density at radius 2 is 2.55 bits per heavy atom. The lowest BCUT2D eigenvalue weighted by Gasteiger charge is -2.19. The molecule has 0 aromatic carbocycles. The van der Waals surface area contributed by atoms with E-state index in [2.05, 4.69) is 5.32 Å². The highest BCUT2D eigenvalue weighted by Crippen LogP contribution is 2.22. The van der Waals surface area contributed by atoms with Crippen LogP contribution in [0.4, 0.5) is 0 Å². The average Bonchev–Trinajstić information content (AvgIpc) is 2.38. The molecule has 4 heteroatoms. The van der Waals surface area contributed by atoms with Crippen molar-refractivity contribution in [1.82, 2.24) is 5.32 Å². The van der Waals surface area contributed by atoms with Crippen molar-refractivity contribution in [3.63, 3.8) is 0 Å². The number of aliphatic hydroxyl groups is 1. The van der Waals surface area contributed by atoms with Crippen molar-refractivity contribution in [2.75, 3.05) is 13.2 Å². The Kier molecular flexibility index (Phi) is 2.46. The van der Waals surface area contributed by atoms with Crippen LogP contribution >= 0.6 is 0 Å². The van der Waals surface area contributed by atoms with Gasteiger partial charge < -0.3 is 15.2 Å². The number of hydrogen-bond acceptors (Lipinski definition) is 3. The summed E-state index contributed by atoms with van der Waals surface area (Å²) in [6.45, 7) is 2.79. The molecule has 1 atom stereocenters. The number of ether oxygens (including phenoxy) is 1. The molecule has 11 heavy (non-hydrogen) atoms. The molecule has 0 radical (unpaired) electrons. The van der Waals surface area contributed by atoms with E-state index in [1.165, 1.54) is 0 Å². The largest absolute Gasteiger partial charge is 0.358 e. The van der Waals surface area contributed by atoms with Crippen LogP contribution in [0.2, 0.25) is 0 Å². The second-order valence-electron chi connectivity index (χ2n) is 2.60. The van der Waals surface area contributed by atoms with Gasteiger partial charge in [-0.3, -0.25) is 4.79 Å². The van der Waals surface area contributed by atoms with Crippen LogP contribution in [0.15, 0.2) is 0 Å². The zero-order valence-corrected chi connectivity index (χ0v) is 6.59. The summed E-state index contributed by atoms with van der Waals surface area (Å²) in [6, 6.07) is 0. The first-order valence-electron chi connectivity index (χ1n) is 3.83. The molecular weight excluding hydrogens is 146 g/mol. The molecule has 64 valence electrons. The summed E-state index contributed by atoms with van der Waals surface area (Å²) in [5.74, 6) is -1.96. The molecule has 0 aliphatic carbocycles. The van der Waals surface area contributed by atoms with Gasteiger partial charge in [-0.2, -0.15) is 0 Å². The maximum absolute atomic E-state index is 11.1. The fraction of sp³-hybridized carbons (Fsp3) is 0.857. The third-order valence-electron chi connectivity index (χ3n) is 1.69. The normalized spacial score (nSPS) is 30.4. The van der Waals surface area contributed by atoms with Gasteiger partial charge in [-0.15, -0.1) is 0 Å². The first-order chi connectivity index (χ1) is 5.19. The Morgan fingerprint density at radius 3 is 3.00 bits per heavy atom. The average molecular weight is 159 g/mol. The van der Waals surface area contributed by atoms with E-state index >= 15 is 0 Å². The number of rotatable bonds is 2. The van der Waals surface area contributed by atoms with Crippen LogP contribution in [0.3, 0.4) is 0 Å². The van der Waals surface area contributed by atoms with Gasteiger partial charge in [-0.1, -0.05) is 0 Å². The van der Waals surface area contributed by atoms with E-state index < -0.39 is 11.7 Å². The number of hydrogen-bond donors (Lipinski definition) is 2. The maximum atomic E-state index is 11.1. The molecule has 0 bridgehead atoms. The molecule has 2 N–H and O–H groups in total. The summed E-state index contributed by atoms with van der Waals surface area (Å²) in [6.07, 6.45) is 1.15. The number of carbonyl (C=O) groups is 1. The van der Waals surface area contributed by atoms with Gasteiger partial charge in [0.1, 0.15) is 0 Å². The minimum absolute atomic E-state index is 0.402. The highest BCUT2D eigenvalue weighted by Gasteiger charge is 2.40. The van der Waals surface area contributed by atoms with Crippen molar-refractivity contribution < 1.29 is 14.6 Å². The van der Waals surface area contributed by atoms with Gasteiger partial charge in [0, 0.05) is 13.0 Å². The third kappa shape index (κ3) is 1.70. The monoisotopic (exact) mass is 159 g/mol. The van der Waals surface area contributed by atoms with E-state index in [0.29, 0.717) is 19.6 Å². The van der Waals surface area contributed by atoms with E-state index in [1.807, 2.05) is 0 Å². The molecular formula is C7H13NO3. The Balaban J connectivity index is 2.49. The minimum Gasteiger partial charge on any atom is -0.358 e. The molecule has 0 spiro atoms. The van der Waals surface area contributed by atoms with Crippen molar-refractivity contribution in [3.8, 4) is 0 Å². The number of amides is 1. The van der Waals surface area contributed by atoms with Crippen LogP contribution in [-0.2, 0) is 9.53 Å². The van der Waals surface area contributed by atoms with Gasteiger partial charge in [0.15, 0.2) is 0 Å². The van der Waals surface area contributed by atoms with E-state index in [0.717, 1.165) is 6.42 Å². The fourth-order valence-corrected chi connectivity index (χ4v) is 1.10. The van der Waals surface area contributed by atoms with Crippen LogP contribution < -0.4 is 5.32 Å². The van der Waals surface area contributed by atoms with Crippen molar-refractivity contribution in [2.24, 2.45) is 0 Å². The summed E-state index contributed by atoms with van der Waals surface area (Å²) in [7, 11) is 0. The third-order valence-corrected chi connectivity index (χ3v) is 1.69. The summed E-state index contributed by atoms with van der Waals surface area (Å²) < 4.78 is 4.90. The molecule has 1 fully saturated rings. The Labute approximate surface area is 65.5 Å². The lowest BCUT2D eigenvalue weighted by molar-refractivity contribution is -0.189. The summed E-state index contributed by atoms with van der Waals surface area (Å²) in [5.41, 5.74) is 0. The molecule has 1 saturated heterocycles. The molecule has 0 aromatic rings. The van der Waals surface area contributed by atoms with Crippen LogP contribution in [0.5, 0.6) is 0 Å². The Hall–Kier alpha value is -0.610. The topological polar surface area (TPSA) is 58.6 Å². The second kappa shape index (κ2) is 3.19.